The predicted molar refractivity (Wildman–Crippen MR) is 48.4 cm³/mol. The Morgan fingerprint density at radius 2 is 2.13 bits per heavy atom. The summed E-state index contributed by atoms with van der Waals surface area (Å²) in [6, 6.07) is 2.16. The van der Waals surface area contributed by atoms with Crippen LogP contribution >= 0.6 is 0 Å². The minimum Gasteiger partial charge on any atom is -0.477 e. The molecule has 0 unspecified atom stereocenters. The van der Waals surface area contributed by atoms with Gasteiger partial charge in [0, 0.05) is 6.20 Å². The van der Waals surface area contributed by atoms with Crippen LogP contribution in [-0.2, 0) is 6.18 Å². The third-order valence-electron chi connectivity index (χ3n) is 1.66. The lowest BCUT2D eigenvalue weighted by Gasteiger charge is -2.11. The number of pyridine rings is 1. The molecule has 0 aliphatic rings. The summed E-state index contributed by atoms with van der Waals surface area (Å²) in [6.07, 6.45) is -2.69. The number of halogens is 3. The van der Waals surface area contributed by atoms with Crippen molar-refractivity contribution in [3.8, 4) is 5.88 Å². The quantitative estimate of drug-likeness (QED) is 0.787. The highest BCUT2D eigenvalue weighted by molar-refractivity contribution is 5.28. The number of hydrogen-bond donors (Lipinski definition) is 1. The first kappa shape index (κ1) is 11.8. The molecule has 0 amide bonds. The number of hydrogen-bond acceptors (Lipinski definition) is 3. The Morgan fingerprint density at radius 1 is 1.40 bits per heavy atom. The smallest absolute Gasteiger partial charge is 0.421 e. The standard InChI is InChI=1S/C9H11F3N2O/c10-9(11,12)7-3-1-5-14-8(7)15-6-2-4-13/h1,3,5H,2,4,6,13H2. The molecule has 0 fully saturated rings. The van der Waals surface area contributed by atoms with Gasteiger partial charge in [-0.15, -0.1) is 0 Å². The first-order chi connectivity index (χ1) is 7.05. The van der Waals surface area contributed by atoms with Crippen molar-refractivity contribution in [1.82, 2.24) is 4.98 Å². The van der Waals surface area contributed by atoms with Gasteiger partial charge < -0.3 is 10.5 Å². The van der Waals surface area contributed by atoms with Gasteiger partial charge in [0.15, 0.2) is 0 Å². The fraction of sp³-hybridized carbons (Fsp3) is 0.444. The second-order valence-electron chi connectivity index (χ2n) is 2.84. The van der Waals surface area contributed by atoms with Crippen LogP contribution in [0.3, 0.4) is 0 Å². The molecule has 1 aromatic heterocycles. The van der Waals surface area contributed by atoms with Crippen LogP contribution in [-0.4, -0.2) is 18.1 Å². The van der Waals surface area contributed by atoms with E-state index in [1.807, 2.05) is 0 Å². The Kier molecular flexibility index (Phi) is 3.90. The van der Waals surface area contributed by atoms with Gasteiger partial charge in [-0.3, -0.25) is 0 Å². The highest BCUT2D eigenvalue weighted by atomic mass is 19.4. The molecular formula is C9H11F3N2O. The number of ether oxygens (including phenoxy) is 1. The van der Waals surface area contributed by atoms with Crippen molar-refractivity contribution < 1.29 is 17.9 Å². The highest BCUT2D eigenvalue weighted by Crippen LogP contribution is 2.34. The third kappa shape index (κ3) is 3.39. The zero-order valence-corrected chi connectivity index (χ0v) is 7.92. The van der Waals surface area contributed by atoms with Crippen LogP contribution in [0.25, 0.3) is 0 Å². The molecule has 0 aromatic carbocycles. The minimum absolute atomic E-state index is 0.136. The molecular weight excluding hydrogens is 209 g/mol. The van der Waals surface area contributed by atoms with E-state index in [0.29, 0.717) is 13.0 Å². The van der Waals surface area contributed by atoms with E-state index in [0.717, 1.165) is 6.07 Å². The van der Waals surface area contributed by atoms with Crippen molar-refractivity contribution in [3.05, 3.63) is 23.9 Å². The molecule has 15 heavy (non-hydrogen) atoms. The lowest BCUT2D eigenvalue weighted by molar-refractivity contribution is -0.139. The van der Waals surface area contributed by atoms with Crippen molar-refractivity contribution in [2.24, 2.45) is 5.73 Å². The third-order valence-corrected chi connectivity index (χ3v) is 1.66. The Bertz CT molecular complexity index is 314. The molecule has 0 spiro atoms. The molecule has 3 nitrogen and oxygen atoms in total. The first-order valence-electron chi connectivity index (χ1n) is 4.41. The van der Waals surface area contributed by atoms with Gasteiger partial charge in [0.25, 0.3) is 0 Å². The van der Waals surface area contributed by atoms with E-state index < -0.39 is 17.6 Å². The summed E-state index contributed by atoms with van der Waals surface area (Å²) in [5.41, 5.74) is 4.33. The molecule has 0 aliphatic heterocycles. The molecule has 0 atom stereocenters. The number of rotatable bonds is 4. The van der Waals surface area contributed by atoms with E-state index >= 15 is 0 Å². The van der Waals surface area contributed by atoms with Gasteiger partial charge in [-0.25, -0.2) is 4.98 Å². The van der Waals surface area contributed by atoms with Gasteiger partial charge in [-0.2, -0.15) is 13.2 Å². The first-order valence-corrected chi connectivity index (χ1v) is 4.41. The van der Waals surface area contributed by atoms with Crippen LogP contribution in [0.5, 0.6) is 5.88 Å². The maximum absolute atomic E-state index is 12.4. The van der Waals surface area contributed by atoms with E-state index in [1.54, 1.807) is 0 Å². The van der Waals surface area contributed by atoms with Gasteiger partial charge >= 0.3 is 6.18 Å². The molecule has 1 heterocycles. The van der Waals surface area contributed by atoms with Gasteiger partial charge in [0.2, 0.25) is 5.88 Å². The molecule has 0 saturated carbocycles. The summed E-state index contributed by atoms with van der Waals surface area (Å²) in [5.74, 6) is -0.390. The minimum atomic E-state index is -4.44. The molecule has 1 rings (SSSR count). The summed E-state index contributed by atoms with van der Waals surface area (Å²) in [4.78, 5) is 3.53. The van der Waals surface area contributed by atoms with E-state index in [-0.39, 0.29) is 6.61 Å². The molecule has 1 aromatic rings. The molecule has 6 heteroatoms. The Morgan fingerprint density at radius 3 is 2.73 bits per heavy atom. The maximum Gasteiger partial charge on any atom is 0.421 e. The van der Waals surface area contributed by atoms with E-state index in [9.17, 15) is 13.2 Å². The Hall–Kier alpha value is -1.30. The Labute approximate surface area is 85.1 Å². The second kappa shape index (κ2) is 4.97. The van der Waals surface area contributed by atoms with Crippen LogP contribution in [0.1, 0.15) is 12.0 Å². The Balaban J connectivity index is 2.78. The molecule has 0 bridgehead atoms. The monoisotopic (exact) mass is 220 g/mol. The van der Waals surface area contributed by atoms with Gasteiger partial charge in [-0.05, 0) is 25.1 Å². The number of nitrogens with two attached hydrogens (primary N) is 1. The zero-order valence-electron chi connectivity index (χ0n) is 7.92. The average Bonchev–Trinajstić information content (AvgIpc) is 2.17. The van der Waals surface area contributed by atoms with Crippen molar-refractivity contribution in [1.29, 1.82) is 0 Å². The topological polar surface area (TPSA) is 48.1 Å². The largest absolute Gasteiger partial charge is 0.477 e. The van der Waals surface area contributed by atoms with Crippen molar-refractivity contribution in [2.75, 3.05) is 13.2 Å². The summed E-state index contributed by atoms with van der Waals surface area (Å²) in [7, 11) is 0. The van der Waals surface area contributed by atoms with Crippen molar-refractivity contribution >= 4 is 0 Å². The molecule has 0 aliphatic carbocycles. The molecule has 84 valence electrons. The van der Waals surface area contributed by atoms with Gasteiger partial charge in [0.05, 0.1) is 6.61 Å². The van der Waals surface area contributed by atoms with Crippen LogP contribution in [0.2, 0.25) is 0 Å². The van der Waals surface area contributed by atoms with Crippen LogP contribution in [0, 0.1) is 0 Å². The maximum atomic E-state index is 12.4. The summed E-state index contributed by atoms with van der Waals surface area (Å²) in [6.45, 7) is 0.505. The molecule has 0 saturated heterocycles. The predicted octanol–water partition coefficient (Wildman–Crippen LogP) is 1.83. The van der Waals surface area contributed by atoms with Crippen LogP contribution in [0.4, 0.5) is 13.2 Å². The SMILES string of the molecule is NCCCOc1ncccc1C(F)(F)F. The normalized spacial score (nSPS) is 11.5. The summed E-state index contributed by atoms with van der Waals surface area (Å²) < 4.78 is 42.1. The van der Waals surface area contributed by atoms with Gasteiger partial charge in [0.1, 0.15) is 5.56 Å². The summed E-state index contributed by atoms with van der Waals surface area (Å²) in [5, 5.41) is 0. The van der Waals surface area contributed by atoms with Crippen LogP contribution in [0.15, 0.2) is 18.3 Å². The lowest BCUT2D eigenvalue weighted by Crippen LogP contribution is -2.12. The van der Waals surface area contributed by atoms with Gasteiger partial charge in [-0.1, -0.05) is 0 Å². The number of nitrogens with zero attached hydrogens (tertiary/aromatic N) is 1. The van der Waals surface area contributed by atoms with Crippen molar-refractivity contribution in [2.45, 2.75) is 12.6 Å². The van der Waals surface area contributed by atoms with E-state index in [2.05, 4.69) is 4.98 Å². The van der Waals surface area contributed by atoms with E-state index in [1.165, 1.54) is 12.3 Å². The lowest BCUT2D eigenvalue weighted by atomic mass is 10.2. The number of alkyl halides is 3. The zero-order chi connectivity index (χ0) is 11.3. The fourth-order valence-electron chi connectivity index (χ4n) is 0.974. The summed E-state index contributed by atoms with van der Waals surface area (Å²) >= 11 is 0. The van der Waals surface area contributed by atoms with Crippen molar-refractivity contribution in [3.63, 3.8) is 0 Å². The highest BCUT2D eigenvalue weighted by Gasteiger charge is 2.34. The van der Waals surface area contributed by atoms with E-state index in [4.69, 9.17) is 10.5 Å². The van der Waals surface area contributed by atoms with Crippen LogP contribution < -0.4 is 10.5 Å². The average molecular weight is 220 g/mol. The number of aromatic nitrogens is 1. The molecule has 2 N–H and O–H groups in total. The molecule has 0 radical (unpaired) electrons. The fourth-order valence-corrected chi connectivity index (χ4v) is 0.974. The second-order valence-corrected chi connectivity index (χ2v) is 2.84.